The van der Waals surface area contributed by atoms with E-state index in [1.54, 1.807) is 0 Å². The van der Waals surface area contributed by atoms with Crippen LogP contribution in [-0.2, 0) is 19.1 Å². The van der Waals surface area contributed by atoms with Crippen molar-refractivity contribution in [2.75, 3.05) is 13.2 Å². The first-order chi connectivity index (χ1) is 19.0. The number of ether oxygens (including phenoxy) is 1. The van der Waals surface area contributed by atoms with Crippen molar-refractivity contribution >= 4 is 17.8 Å². The van der Waals surface area contributed by atoms with E-state index in [4.69, 9.17) is 10.5 Å². The second kappa shape index (κ2) is 28.1. The molecule has 0 aliphatic carbocycles. The Bertz CT molecular complexity index is 562. The van der Waals surface area contributed by atoms with Crippen LogP contribution in [0, 0.1) is 0 Å². The van der Waals surface area contributed by atoms with E-state index in [9.17, 15) is 14.4 Å². The summed E-state index contributed by atoms with van der Waals surface area (Å²) in [6.45, 7) is 7.23. The highest BCUT2D eigenvalue weighted by Gasteiger charge is 2.34. The van der Waals surface area contributed by atoms with Gasteiger partial charge in [0.05, 0.1) is 6.61 Å². The molecule has 0 aliphatic heterocycles. The largest absolute Gasteiger partial charge is 0.464 e. The van der Waals surface area contributed by atoms with E-state index in [0.717, 1.165) is 44.9 Å². The molecule has 0 heterocycles. The van der Waals surface area contributed by atoms with Gasteiger partial charge in [-0.05, 0) is 45.1 Å². The zero-order valence-electron chi connectivity index (χ0n) is 26.1. The first kappa shape index (κ1) is 37.6. The Kier molecular flexibility index (Phi) is 27.1. The summed E-state index contributed by atoms with van der Waals surface area (Å²) in [5.74, 6) is -0.884. The highest BCUT2D eigenvalue weighted by Crippen LogP contribution is 2.19. The van der Waals surface area contributed by atoms with Gasteiger partial charge in [0.15, 0.2) is 0 Å². The van der Waals surface area contributed by atoms with Crippen molar-refractivity contribution in [3.63, 3.8) is 0 Å². The molecule has 6 nitrogen and oxygen atoms in total. The van der Waals surface area contributed by atoms with Gasteiger partial charge in [-0.2, -0.15) is 0 Å². The minimum atomic E-state index is -0.833. The van der Waals surface area contributed by atoms with Crippen LogP contribution in [0.5, 0.6) is 0 Å². The minimum Gasteiger partial charge on any atom is -0.464 e. The van der Waals surface area contributed by atoms with Crippen LogP contribution in [0.25, 0.3) is 0 Å². The van der Waals surface area contributed by atoms with Gasteiger partial charge >= 0.3 is 5.97 Å². The van der Waals surface area contributed by atoms with E-state index >= 15 is 0 Å². The first-order valence-corrected chi connectivity index (χ1v) is 16.7. The molecule has 6 heteroatoms. The van der Waals surface area contributed by atoms with E-state index < -0.39 is 12.0 Å². The fourth-order valence-electron chi connectivity index (χ4n) is 5.03. The lowest BCUT2D eigenvalue weighted by Crippen LogP contribution is -2.49. The zero-order chi connectivity index (χ0) is 29.0. The van der Waals surface area contributed by atoms with Crippen LogP contribution in [0.4, 0.5) is 0 Å². The van der Waals surface area contributed by atoms with Crippen LogP contribution < -0.4 is 5.73 Å². The zero-order valence-corrected chi connectivity index (χ0v) is 26.1. The third kappa shape index (κ3) is 21.0. The normalized spacial score (nSPS) is 11.9. The van der Waals surface area contributed by atoms with Gasteiger partial charge in [0, 0.05) is 12.8 Å². The van der Waals surface area contributed by atoms with Crippen LogP contribution in [0.1, 0.15) is 175 Å². The molecule has 2 N–H and O–H groups in total. The molecule has 0 unspecified atom stereocenters. The molecule has 0 bridgehead atoms. The van der Waals surface area contributed by atoms with Gasteiger partial charge in [-0.1, -0.05) is 124 Å². The lowest BCUT2D eigenvalue weighted by Gasteiger charge is -2.29. The Morgan fingerprint density at radius 3 is 1.36 bits per heavy atom. The van der Waals surface area contributed by atoms with Crippen molar-refractivity contribution < 1.29 is 19.1 Å². The van der Waals surface area contributed by atoms with Crippen molar-refractivity contribution in [1.29, 1.82) is 0 Å². The van der Waals surface area contributed by atoms with Crippen LogP contribution >= 0.6 is 0 Å². The Morgan fingerprint density at radius 1 is 0.564 bits per heavy atom. The van der Waals surface area contributed by atoms with Crippen molar-refractivity contribution in [3.8, 4) is 0 Å². The fraction of sp³-hybridized carbons (Fsp3) is 0.909. The van der Waals surface area contributed by atoms with Crippen molar-refractivity contribution in [2.24, 2.45) is 5.73 Å². The Morgan fingerprint density at radius 2 is 0.974 bits per heavy atom. The maximum Gasteiger partial charge on any atom is 0.329 e. The summed E-state index contributed by atoms with van der Waals surface area (Å²) >= 11 is 0. The van der Waals surface area contributed by atoms with E-state index in [2.05, 4.69) is 13.8 Å². The molecule has 0 aromatic rings. The number of nitrogens with zero attached hydrogens (tertiary/aromatic N) is 1. The van der Waals surface area contributed by atoms with E-state index in [-0.39, 0.29) is 11.8 Å². The predicted molar refractivity (Wildman–Crippen MR) is 163 cm³/mol. The number of esters is 1. The summed E-state index contributed by atoms with van der Waals surface area (Å²) in [6, 6.07) is -0.833. The summed E-state index contributed by atoms with van der Waals surface area (Å²) in [4.78, 5) is 41.0. The average Bonchev–Trinajstić information content (AvgIpc) is 2.93. The van der Waals surface area contributed by atoms with Crippen LogP contribution in [-0.4, -0.2) is 41.9 Å². The molecule has 0 radical (unpaired) electrons. The quantitative estimate of drug-likeness (QED) is 0.0775. The number of carbonyl (C=O) groups excluding carboxylic acids is 3. The summed E-state index contributed by atoms with van der Waals surface area (Å²) in [5, 5.41) is 0. The van der Waals surface area contributed by atoms with Gasteiger partial charge in [0.25, 0.3) is 0 Å². The van der Waals surface area contributed by atoms with Gasteiger partial charge in [-0.3, -0.25) is 14.5 Å². The first-order valence-electron chi connectivity index (χ1n) is 16.7. The van der Waals surface area contributed by atoms with Crippen molar-refractivity contribution in [1.82, 2.24) is 4.90 Å². The van der Waals surface area contributed by atoms with E-state index in [0.29, 0.717) is 45.3 Å². The second-order valence-corrected chi connectivity index (χ2v) is 11.3. The average molecular weight is 553 g/mol. The number of hydrogen-bond acceptors (Lipinski definition) is 5. The molecule has 0 aromatic heterocycles. The molecule has 0 spiro atoms. The molecular formula is C33H64N2O4. The highest BCUT2D eigenvalue weighted by atomic mass is 16.5. The highest BCUT2D eigenvalue weighted by molar-refractivity contribution is 5.99. The maximum absolute atomic E-state index is 13.4. The molecule has 230 valence electrons. The Balaban J connectivity index is 4.95. The SMILES string of the molecule is CCCCCCCCCCCC(=O)N(C(=O)CCCCCCCCCCC)[C@@H](CCCCN)C(=O)OCCC. The van der Waals surface area contributed by atoms with Gasteiger partial charge in [0.1, 0.15) is 6.04 Å². The van der Waals surface area contributed by atoms with Gasteiger partial charge in [-0.25, -0.2) is 4.79 Å². The number of imide groups is 1. The number of nitrogens with two attached hydrogens (primary N) is 1. The van der Waals surface area contributed by atoms with E-state index in [1.807, 2.05) is 6.92 Å². The summed E-state index contributed by atoms with van der Waals surface area (Å²) in [7, 11) is 0. The van der Waals surface area contributed by atoms with E-state index in [1.165, 1.54) is 81.9 Å². The molecule has 0 rings (SSSR count). The van der Waals surface area contributed by atoms with Gasteiger partial charge in [-0.15, -0.1) is 0 Å². The molecule has 39 heavy (non-hydrogen) atoms. The summed E-state index contributed by atoms with van der Waals surface area (Å²) < 4.78 is 5.44. The number of hydrogen-bond donors (Lipinski definition) is 1. The lowest BCUT2D eigenvalue weighted by atomic mass is 10.0. The number of rotatable bonds is 28. The molecular weight excluding hydrogens is 488 g/mol. The van der Waals surface area contributed by atoms with Gasteiger partial charge < -0.3 is 10.5 Å². The topological polar surface area (TPSA) is 89.7 Å². The molecule has 0 saturated heterocycles. The molecule has 1 atom stereocenters. The summed E-state index contributed by atoms with van der Waals surface area (Å²) in [5.41, 5.74) is 5.68. The smallest absolute Gasteiger partial charge is 0.329 e. The van der Waals surface area contributed by atoms with Crippen LogP contribution in [0.2, 0.25) is 0 Å². The van der Waals surface area contributed by atoms with Crippen LogP contribution in [0.15, 0.2) is 0 Å². The molecule has 0 aliphatic rings. The number of carbonyl (C=O) groups is 3. The maximum atomic E-state index is 13.4. The summed E-state index contributed by atoms with van der Waals surface area (Å²) in [6.07, 6.45) is 24.2. The third-order valence-corrected chi connectivity index (χ3v) is 7.49. The monoisotopic (exact) mass is 552 g/mol. The number of unbranched alkanes of at least 4 members (excludes halogenated alkanes) is 17. The van der Waals surface area contributed by atoms with Gasteiger partial charge in [0.2, 0.25) is 11.8 Å². The van der Waals surface area contributed by atoms with Crippen LogP contribution in [0.3, 0.4) is 0 Å². The predicted octanol–water partition coefficient (Wildman–Crippen LogP) is 8.63. The Labute approximate surface area is 241 Å². The molecule has 2 amide bonds. The fourth-order valence-corrected chi connectivity index (χ4v) is 5.03. The number of amides is 2. The standard InChI is InChI=1S/C33H64N2O4/c1-4-7-9-11-13-15-17-19-21-26-31(36)35(30(25-23-24-28-34)33(38)39-29-6-3)32(37)27-22-20-18-16-14-12-10-8-5-2/h30H,4-29,34H2,1-3H3/t30-/m0/s1. The molecule has 0 fully saturated rings. The second-order valence-electron chi connectivity index (χ2n) is 11.3. The molecule has 0 aromatic carbocycles. The minimum absolute atomic E-state index is 0.218. The van der Waals surface area contributed by atoms with Crippen molar-refractivity contribution in [2.45, 2.75) is 181 Å². The Hall–Kier alpha value is -1.43. The molecule has 0 saturated carbocycles. The lowest BCUT2D eigenvalue weighted by molar-refractivity contribution is -0.162. The van der Waals surface area contributed by atoms with Crippen molar-refractivity contribution in [3.05, 3.63) is 0 Å². The third-order valence-electron chi connectivity index (χ3n) is 7.49.